The summed E-state index contributed by atoms with van der Waals surface area (Å²) in [5.74, 6) is 1.09. The van der Waals surface area contributed by atoms with E-state index in [0.29, 0.717) is 0 Å². The Morgan fingerprint density at radius 1 is 0.475 bits per heavy atom. The quantitative estimate of drug-likeness (QED) is 0.167. The molecular formula is C58H44N2O. The van der Waals surface area contributed by atoms with E-state index < -0.39 is 0 Å². The highest BCUT2D eigenvalue weighted by Crippen LogP contribution is 2.44. The molecule has 0 saturated heterocycles. The van der Waals surface area contributed by atoms with Crippen LogP contribution >= 0.6 is 0 Å². The number of fused-ring (bicyclic) bond motifs is 8. The SMILES string of the molecule is C1=Cc2c(oc3ccc(-n4c5ccccc5c5ccc(-c6ccccc6-c6ccc(N(c7cccc8ccccc78)c7cccc8ccccc78)cc6)cc54)cc23)CC1.CC. The zero-order valence-electron chi connectivity index (χ0n) is 34.3. The summed E-state index contributed by atoms with van der Waals surface area (Å²) < 4.78 is 8.73. The molecule has 3 heteroatoms. The van der Waals surface area contributed by atoms with Gasteiger partial charge in [-0.05, 0) is 94.0 Å². The number of allylic oxidation sites excluding steroid dienone is 1. The van der Waals surface area contributed by atoms with Gasteiger partial charge in [-0.15, -0.1) is 0 Å². The predicted octanol–water partition coefficient (Wildman–Crippen LogP) is 16.6. The summed E-state index contributed by atoms with van der Waals surface area (Å²) in [4.78, 5) is 2.42. The highest BCUT2D eigenvalue weighted by atomic mass is 16.3. The third-order valence-electron chi connectivity index (χ3n) is 12.2. The Balaban J connectivity index is 0.00000207. The van der Waals surface area contributed by atoms with E-state index in [2.05, 4.69) is 216 Å². The first kappa shape index (κ1) is 36.5. The summed E-state index contributed by atoms with van der Waals surface area (Å²) in [6.07, 6.45) is 6.46. The van der Waals surface area contributed by atoms with E-state index in [4.69, 9.17) is 4.42 Å². The Morgan fingerprint density at radius 2 is 1.07 bits per heavy atom. The first-order valence-corrected chi connectivity index (χ1v) is 21.5. The van der Waals surface area contributed by atoms with Crippen molar-refractivity contribution in [2.75, 3.05) is 4.90 Å². The van der Waals surface area contributed by atoms with Crippen LogP contribution in [0.1, 0.15) is 31.6 Å². The van der Waals surface area contributed by atoms with E-state index in [-0.39, 0.29) is 0 Å². The Labute approximate surface area is 356 Å². The second kappa shape index (κ2) is 15.2. The summed E-state index contributed by atoms with van der Waals surface area (Å²) in [6, 6.07) is 70.8. The van der Waals surface area contributed by atoms with Gasteiger partial charge < -0.3 is 13.9 Å². The van der Waals surface area contributed by atoms with Crippen LogP contribution in [0, 0.1) is 0 Å². The molecule has 3 nitrogen and oxygen atoms in total. The standard InChI is InChI=1S/C56H38N2O.C2H6/c1-3-19-45-37(13-1)15-11-24-51(45)57(52-25-12-16-38-14-2-4-20-46(38)52)41-30-27-39(28-31-41)43-17-5-6-18-44(43)40-29-33-48-47-21-7-9-23-53(47)58(54(48)35-40)42-32-34-56-50(36-42)49-22-8-10-26-55(49)59-56;1-2/h1-9,11-25,27-36H,10,26H2;1-2H3. The molecule has 0 bridgehead atoms. The average molecular weight is 785 g/mol. The second-order valence-electron chi connectivity index (χ2n) is 15.6. The Morgan fingerprint density at radius 3 is 1.79 bits per heavy atom. The fourth-order valence-corrected chi connectivity index (χ4v) is 9.49. The van der Waals surface area contributed by atoms with Crippen molar-refractivity contribution < 1.29 is 4.42 Å². The monoisotopic (exact) mass is 784 g/mol. The molecule has 0 fully saturated rings. The number of aromatic nitrogens is 1. The lowest BCUT2D eigenvalue weighted by Gasteiger charge is -2.28. The van der Waals surface area contributed by atoms with Crippen molar-refractivity contribution in [3.63, 3.8) is 0 Å². The van der Waals surface area contributed by atoms with Crippen LogP contribution in [0.25, 0.3) is 88.3 Å². The molecule has 0 spiro atoms. The number of benzene rings is 9. The van der Waals surface area contributed by atoms with E-state index in [1.165, 1.54) is 76.6 Å². The number of rotatable bonds is 6. The highest BCUT2D eigenvalue weighted by molar-refractivity contribution is 6.11. The molecule has 0 N–H and O–H groups in total. The third kappa shape index (κ3) is 6.12. The van der Waals surface area contributed by atoms with Crippen LogP contribution in [-0.2, 0) is 6.42 Å². The number of anilines is 3. The summed E-state index contributed by atoms with van der Waals surface area (Å²) >= 11 is 0. The summed E-state index contributed by atoms with van der Waals surface area (Å²) in [5.41, 5.74) is 13.8. The summed E-state index contributed by atoms with van der Waals surface area (Å²) in [5, 5.41) is 8.52. The topological polar surface area (TPSA) is 21.3 Å². The average Bonchev–Trinajstić information content (AvgIpc) is 3.88. The first-order chi connectivity index (χ1) is 30.3. The second-order valence-corrected chi connectivity index (χ2v) is 15.6. The Hall–Kier alpha value is -7.62. The molecule has 1 aliphatic rings. The lowest BCUT2D eigenvalue weighted by Crippen LogP contribution is -2.11. The van der Waals surface area contributed by atoms with Crippen LogP contribution < -0.4 is 4.90 Å². The van der Waals surface area contributed by atoms with Gasteiger partial charge in [0.15, 0.2) is 0 Å². The van der Waals surface area contributed by atoms with Crippen molar-refractivity contribution in [1.82, 2.24) is 4.57 Å². The molecule has 0 unspecified atom stereocenters. The normalized spacial score (nSPS) is 12.2. The maximum absolute atomic E-state index is 6.31. The van der Waals surface area contributed by atoms with E-state index in [0.717, 1.165) is 46.9 Å². The molecular weight excluding hydrogens is 741 g/mol. The molecule has 1 aliphatic carbocycles. The van der Waals surface area contributed by atoms with Crippen molar-refractivity contribution in [1.29, 1.82) is 0 Å². The van der Waals surface area contributed by atoms with E-state index >= 15 is 0 Å². The molecule has 12 rings (SSSR count). The van der Waals surface area contributed by atoms with Gasteiger partial charge in [0.05, 0.1) is 22.4 Å². The molecule has 11 aromatic rings. The zero-order valence-corrected chi connectivity index (χ0v) is 34.3. The van der Waals surface area contributed by atoms with Crippen LogP contribution in [0.15, 0.2) is 205 Å². The molecule has 2 aromatic heterocycles. The third-order valence-corrected chi connectivity index (χ3v) is 12.2. The fraction of sp³-hybridized carbons (Fsp3) is 0.0690. The molecule has 292 valence electrons. The lowest BCUT2D eigenvalue weighted by atomic mass is 9.93. The van der Waals surface area contributed by atoms with Gasteiger partial charge in [0.25, 0.3) is 0 Å². The molecule has 0 radical (unpaired) electrons. The number of furan rings is 1. The largest absolute Gasteiger partial charge is 0.460 e. The minimum Gasteiger partial charge on any atom is -0.460 e. The summed E-state index contributed by atoms with van der Waals surface area (Å²) in [7, 11) is 0. The number of nitrogens with zero attached hydrogens (tertiary/aromatic N) is 2. The van der Waals surface area contributed by atoms with Crippen LogP contribution in [0.3, 0.4) is 0 Å². The molecule has 61 heavy (non-hydrogen) atoms. The Bertz CT molecular complexity index is 3370. The van der Waals surface area contributed by atoms with E-state index in [1.54, 1.807) is 0 Å². The van der Waals surface area contributed by atoms with Gasteiger partial charge in [0.1, 0.15) is 11.3 Å². The molecule has 0 aliphatic heterocycles. The van der Waals surface area contributed by atoms with Crippen molar-refractivity contribution in [2.24, 2.45) is 0 Å². The lowest BCUT2D eigenvalue weighted by molar-refractivity contribution is 0.546. The van der Waals surface area contributed by atoms with Crippen LogP contribution in [0.4, 0.5) is 17.1 Å². The molecule has 9 aromatic carbocycles. The fourth-order valence-electron chi connectivity index (χ4n) is 9.49. The van der Waals surface area contributed by atoms with Crippen LogP contribution in [-0.4, -0.2) is 4.57 Å². The van der Waals surface area contributed by atoms with Crippen molar-refractivity contribution >= 4 is 77.5 Å². The molecule has 0 atom stereocenters. The number of hydrogen-bond acceptors (Lipinski definition) is 2. The van der Waals surface area contributed by atoms with Gasteiger partial charge in [-0.2, -0.15) is 0 Å². The number of hydrogen-bond donors (Lipinski definition) is 0. The first-order valence-electron chi connectivity index (χ1n) is 21.5. The van der Waals surface area contributed by atoms with E-state index in [9.17, 15) is 0 Å². The minimum absolute atomic E-state index is 0.948. The maximum atomic E-state index is 6.31. The van der Waals surface area contributed by atoms with Crippen molar-refractivity contribution in [2.45, 2.75) is 26.7 Å². The summed E-state index contributed by atoms with van der Waals surface area (Å²) in [6.45, 7) is 4.00. The molecule has 0 saturated carbocycles. The highest BCUT2D eigenvalue weighted by Gasteiger charge is 2.20. The maximum Gasteiger partial charge on any atom is 0.135 e. The smallest absolute Gasteiger partial charge is 0.135 e. The van der Waals surface area contributed by atoms with E-state index in [1.807, 2.05) is 13.8 Å². The molecule has 2 heterocycles. The number of aryl methyl sites for hydroxylation is 1. The van der Waals surface area contributed by atoms with Crippen LogP contribution in [0.5, 0.6) is 0 Å². The van der Waals surface area contributed by atoms with Gasteiger partial charge in [0, 0.05) is 50.3 Å². The van der Waals surface area contributed by atoms with Gasteiger partial charge in [0.2, 0.25) is 0 Å². The minimum atomic E-state index is 0.948. The Kier molecular flexibility index (Phi) is 9.08. The predicted molar refractivity (Wildman–Crippen MR) is 260 cm³/mol. The van der Waals surface area contributed by atoms with Gasteiger partial charge in [-0.3, -0.25) is 0 Å². The van der Waals surface area contributed by atoms with Crippen LogP contribution in [0.2, 0.25) is 0 Å². The van der Waals surface area contributed by atoms with Crippen molar-refractivity contribution in [3.8, 4) is 27.9 Å². The van der Waals surface area contributed by atoms with Gasteiger partial charge in [-0.1, -0.05) is 166 Å². The molecule has 0 amide bonds. The van der Waals surface area contributed by atoms with Gasteiger partial charge in [-0.25, -0.2) is 0 Å². The zero-order chi connectivity index (χ0) is 40.9. The van der Waals surface area contributed by atoms with Gasteiger partial charge >= 0.3 is 0 Å². The number of para-hydroxylation sites is 1. The van der Waals surface area contributed by atoms with Crippen molar-refractivity contribution in [3.05, 3.63) is 212 Å².